The number of piperidine rings is 1. The molecule has 1 aromatic carbocycles. The molecule has 1 aliphatic heterocycles. The lowest BCUT2D eigenvalue weighted by atomic mass is 10.0. The largest absolute Gasteiger partial charge is 0.488 e. The molecule has 1 aliphatic rings. The quantitative estimate of drug-likeness (QED) is 0.840. The molecule has 2 rings (SSSR count). The van der Waals surface area contributed by atoms with E-state index in [-0.39, 0.29) is 19.3 Å². The molecule has 1 saturated heterocycles. The van der Waals surface area contributed by atoms with E-state index in [0.717, 1.165) is 25.8 Å². The molecule has 2 unspecified atom stereocenters. The van der Waals surface area contributed by atoms with Gasteiger partial charge in [0.1, 0.15) is 12.7 Å². The van der Waals surface area contributed by atoms with Crippen LogP contribution in [0.5, 0.6) is 5.75 Å². The minimum Gasteiger partial charge on any atom is -0.488 e. The molecule has 6 heteroatoms. The van der Waals surface area contributed by atoms with Crippen LogP contribution in [0.4, 0.5) is 0 Å². The molecule has 1 heterocycles. The van der Waals surface area contributed by atoms with Crippen molar-refractivity contribution < 1.29 is 14.9 Å². The van der Waals surface area contributed by atoms with Crippen LogP contribution in [0.3, 0.4) is 0 Å². The molecule has 0 amide bonds. The lowest BCUT2D eigenvalue weighted by molar-refractivity contribution is 0.0232. The number of hydrogen-bond acceptors (Lipinski definition) is 4. The Morgan fingerprint density at radius 2 is 2.00 bits per heavy atom. The van der Waals surface area contributed by atoms with Crippen LogP contribution in [0.25, 0.3) is 0 Å². The zero-order chi connectivity index (χ0) is 15.2. The van der Waals surface area contributed by atoms with E-state index >= 15 is 0 Å². The van der Waals surface area contributed by atoms with Crippen LogP contribution in [0.1, 0.15) is 19.3 Å². The van der Waals surface area contributed by atoms with E-state index in [1.807, 2.05) is 0 Å². The monoisotopic (exact) mass is 333 g/mol. The van der Waals surface area contributed by atoms with Gasteiger partial charge in [0.25, 0.3) is 0 Å². The second kappa shape index (κ2) is 8.20. The smallest absolute Gasteiger partial charge is 0.156 e. The van der Waals surface area contributed by atoms with Crippen LogP contribution in [0, 0.1) is 0 Å². The van der Waals surface area contributed by atoms with Crippen LogP contribution in [0.2, 0.25) is 10.0 Å². The first-order valence-corrected chi connectivity index (χ1v) is 7.97. The second-order valence-corrected chi connectivity index (χ2v) is 6.16. The van der Waals surface area contributed by atoms with Gasteiger partial charge in [-0.05, 0) is 31.5 Å². The van der Waals surface area contributed by atoms with E-state index in [1.165, 1.54) is 0 Å². The molecule has 4 nitrogen and oxygen atoms in total. The SMILES string of the molecule is OCC1CCCCN1CC(O)COc1c(Cl)cccc1Cl. The Balaban J connectivity index is 1.85. The Morgan fingerprint density at radius 1 is 1.29 bits per heavy atom. The van der Waals surface area contributed by atoms with Gasteiger partial charge in [-0.3, -0.25) is 4.90 Å². The van der Waals surface area contributed by atoms with Gasteiger partial charge < -0.3 is 14.9 Å². The van der Waals surface area contributed by atoms with Crippen molar-refractivity contribution in [3.05, 3.63) is 28.2 Å². The Kier molecular flexibility index (Phi) is 6.58. The summed E-state index contributed by atoms with van der Waals surface area (Å²) in [7, 11) is 0. The van der Waals surface area contributed by atoms with E-state index in [0.29, 0.717) is 22.3 Å². The van der Waals surface area contributed by atoms with Gasteiger partial charge in [-0.25, -0.2) is 0 Å². The average Bonchev–Trinajstić information content (AvgIpc) is 2.47. The number of benzene rings is 1. The summed E-state index contributed by atoms with van der Waals surface area (Å²) < 4.78 is 5.54. The van der Waals surface area contributed by atoms with Crippen molar-refractivity contribution in [1.82, 2.24) is 4.90 Å². The number of aliphatic hydroxyl groups excluding tert-OH is 2. The molecule has 0 bridgehead atoms. The van der Waals surface area contributed by atoms with Crippen molar-refractivity contribution in [2.45, 2.75) is 31.4 Å². The van der Waals surface area contributed by atoms with Crippen molar-refractivity contribution in [1.29, 1.82) is 0 Å². The second-order valence-electron chi connectivity index (χ2n) is 5.34. The fraction of sp³-hybridized carbons (Fsp3) is 0.600. The maximum Gasteiger partial charge on any atom is 0.156 e. The van der Waals surface area contributed by atoms with Crippen molar-refractivity contribution >= 4 is 23.2 Å². The predicted octanol–water partition coefficient (Wildman–Crippen LogP) is 2.58. The van der Waals surface area contributed by atoms with Crippen molar-refractivity contribution in [3.63, 3.8) is 0 Å². The van der Waals surface area contributed by atoms with Crippen LogP contribution in [-0.4, -0.2) is 53.6 Å². The van der Waals surface area contributed by atoms with E-state index < -0.39 is 6.10 Å². The molecule has 0 spiro atoms. The molecule has 0 aliphatic carbocycles. The summed E-state index contributed by atoms with van der Waals surface area (Å²) in [4.78, 5) is 2.12. The molecule has 2 atom stereocenters. The molecule has 1 fully saturated rings. The van der Waals surface area contributed by atoms with Crippen LogP contribution in [-0.2, 0) is 0 Å². The summed E-state index contributed by atoms with van der Waals surface area (Å²) in [5.41, 5.74) is 0. The highest BCUT2D eigenvalue weighted by Crippen LogP contribution is 2.32. The topological polar surface area (TPSA) is 52.9 Å². The maximum absolute atomic E-state index is 10.1. The summed E-state index contributed by atoms with van der Waals surface area (Å²) in [6, 6.07) is 5.27. The van der Waals surface area contributed by atoms with Crippen LogP contribution >= 0.6 is 23.2 Å². The van der Waals surface area contributed by atoms with Gasteiger partial charge in [0.15, 0.2) is 5.75 Å². The van der Waals surface area contributed by atoms with E-state index in [9.17, 15) is 10.2 Å². The van der Waals surface area contributed by atoms with Gasteiger partial charge in [0.2, 0.25) is 0 Å². The van der Waals surface area contributed by atoms with Gasteiger partial charge in [0, 0.05) is 12.6 Å². The predicted molar refractivity (Wildman–Crippen MR) is 84.3 cm³/mol. The zero-order valence-electron chi connectivity index (χ0n) is 11.8. The number of ether oxygens (including phenoxy) is 1. The van der Waals surface area contributed by atoms with Gasteiger partial charge >= 0.3 is 0 Å². The van der Waals surface area contributed by atoms with Gasteiger partial charge in [-0.1, -0.05) is 35.7 Å². The number of nitrogens with zero attached hydrogens (tertiary/aromatic N) is 1. The van der Waals surface area contributed by atoms with E-state index in [2.05, 4.69) is 4.90 Å². The third-order valence-corrected chi connectivity index (χ3v) is 4.34. The number of hydrogen-bond donors (Lipinski definition) is 2. The highest BCUT2D eigenvalue weighted by atomic mass is 35.5. The van der Waals surface area contributed by atoms with E-state index in [4.69, 9.17) is 27.9 Å². The first-order valence-electron chi connectivity index (χ1n) is 7.21. The van der Waals surface area contributed by atoms with Crippen molar-refractivity contribution in [2.75, 3.05) is 26.3 Å². The number of aliphatic hydroxyl groups is 2. The highest BCUT2D eigenvalue weighted by molar-refractivity contribution is 6.37. The molecule has 21 heavy (non-hydrogen) atoms. The first-order chi connectivity index (χ1) is 10.1. The summed E-state index contributed by atoms with van der Waals surface area (Å²) in [6.45, 7) is 1.63. The van der Waals surface area contributed by atoms with Crippen molar-refractivity contribution in [3.8, 4) is 5.75 Å². The normalized spacial score (nSPS) is 21.2. The molecular formula is C15H21Cl2NO3. The Hall–Kier alpha value is -0.520. The fourth-order valence-electron chi connectivity index (χ4n) is 2.63. The molecular weight excluding hydrogens is 313 g/mol. The first kappa shape index (κ1) is 16.8. The molecule has 118 valence electrons. The average molecular weight is 334 g/mol. The Morgan fingerprint density at radius 3 is 2.67 bits per heavy atom. The molecule has 0 saturated carbocycles. The fourth-order valence-corrected chi connectivity index (χ4v) is 3.14. The number of rotatable bonds is 6. The van der Waals surface area contributed by atoms with Crippen LogP contribution < -0.4 is 4.74 Å². The number of likely N-dealkylation sites (tertiary alicyclic amines) is 1. The molecule has 1 aromatic rings. The summed E-state index contributed by atoms with van der Waals surface area (Å²) in [5.74, 6) is 0.400. The minimum absolute atomic E-state index is 0.123. The Bertz CT molecular complexity index is 438. The summed E-state index contributed by atoms with van der Waals surface area (Å²) in [6.07, 6.45) is 2.55. The van der Waals surface area contributed by atoms with Gasteiger partial charge in [-0.15, -0.1) is 0 Å². The number of halogens is 2. The summed E-state index contributed by atoms with van der Waals surface area (Å²) >= 11 is 12.0. The molecule has 0 radical (unpaired) electrons. The third-order valence-electron chi connectivity index (χ3n) is 3.74. The number of β-amino-alcohol motifs (C(OH)–C–C–N with tert-alkyl or cyclic N) is 1. The zero-order valence-corrected chi connectivity index (χ0v) is 13.4. The lowest BCUT2D eigenvalue weighted by Crippen LogP contribution is -2.46. The third kappa shape index (κ3) is 4.73. The molecule has 2 N–H and O–H groups in total. The summed E-state index contributed by atoms with van der Waals surface area (Å²) in [5, 5.41) is 20.4. The van der Waals surface area contributed by atoms with Gasteiger partial charge in [-0.2, -0.15) is 0 Å². The maximum atomic E-state index is 10.1. The van der Waals surface area contributed by atoms with Gasteiger partial charge in [0.05, 0.1) is 16.7 Å². The molecule has 0 aromatic heterocycles. The number of para-hydroxylation sites is 1. The highest BCUT2D eigenvalue weighted by Gasteiger charge is 2.24. The van der Waals surface area contributed by atoms with Crippen molar-refractivity contribution in [2.24, 2.45) is 0 Å². The standard InChI is InChI=1S/C15H21Cl2NO3/c16-13-5-3-6-14(17)15(13)21-10-12(20)8-18-7-2-1-4-11(18)9-19/h3,5-6,11-12,19-20H,1-2,4,7-10H2. The van der Waals surface area contributed by atoms with Crippen LogP contribution in [0.15, 0.2) is 18.2 Å². The lowest BCUT2D eigenvalue weighted by Gasteiger charge is -2.35. The Labute approximate surface area is 135 Å². The minimum atomic E-state index is -0.649. The van der Waals surface area contributed by atoms with E-state index in [1.54, 1.807) is 18.2 Å².